The third-order valence-electron chi connectivity index (χ3n) is 2.16. The Balaban J connectivity index is 0.000000364. The van der Waals surface area contributed by atoms with E-state index < -0.39 is 11.9 Å². The molecular weight excluding hydrogens is 541 g/mol. The Morgan fingerprint density at radius 3 is 1.10 bits per heavy atom. The molecule has 2 aromatic rings. The molecule has 0 aliphatic heterocycles. The fraction of sp³-hybridized carbons (Fsp3) is 0. The van der Waals surface area contributed by atoms with Crippen molar-refractivity contribution in [3.63, 3.8) is 0 Å². The van der Waals surface area contributed by atoms with Gasteiger partial charge in [0.15, 0.2) is 0 Å². The second kappa shape index (κ2) is 10.1. The van der Waals surface area contributed by atoms with Crippen LogP contribution in [0.1, 0.15) is 20.7 Å². The number of carbonyl (C=O) groups excluding carboxylic acids is 2. The molecule has 0 saturated carbocycles. The molecule has 0 saturated heterocycles. The molecule has 2 rings (SSSR count). The van der Waals surface area contributed by atoms with Crippen LogP contribution in [-0.2, 0) is 17.1 Å². The fourth-order valence-electron chi connectivity index (χ4n) is 1.17. The number of carboxylic acids is 2. The summed E-state index contributed by atoms with van der Waals surface area (Å²) in [6, 6.07) is 13.0. The van der Waals surface area contributed by atoms with Gasteiger partial charge >= 0.3 is 17.1 Å². The van der Waals surface area contributed by atoms with E-state index in [2.05, 4.69) is 45.2 Å². The van der Waals surface area contributed by atoms with Gasteiger partial charge in [-0.3, -0.25) is 0 Å². The Labute approximate surface area is 159 Å². The van der Waals surface area contributed by atoms with E-state index in [1.165, 1.54) is 24.3 Å². The van der Waals surface area contributed by atoms with Crippen molar-refractivity contribution >= 4 is 57.1 Å². The van der Waals surface area contributed by atoms with Gasteiger partial charge in [-0.25, -0.2) is 0 Å². The number of aromatic carboxylic acids is 2. The molecule has 0 aromatic heterocycles. The molecule has 21 heavy (non-hydrogen) atoms. The molecule has 109 valence electrons. The number of carboxylic acid groups (broad SMARTS) is 2. The maximum atomic E-state index is 10.2. The second-order valence-electron chi connectivity index (χ2n) is 3.59. The van der Waals surface area contributed by atoms with Gasteiger partial charge in [-0.2, -0.15) is 0 Å². The topological polar surface area (TPSA) is 80.3 Å². The summed E-state index contributed by atoms with van der Waals surface area (Å²) in [6.07, 6.45) is 0. The predicted octanol–water partition coefficient (Wildman–Crippen LogP) is 1.31. The molecular formula is C14H8I2MnO4. The maximum Gasteiger partial charge on any atom is 2.00 e. The number of rotatable bonds is 2. The molecule has 0 spiro atoms. The molecule has 1 radical (unpaired) electrons. The third-order valence-corrected chi connectivity index (χ3v) is 3.60. The van der Waals surface area contributed by atoms with Crippen LogP contribution in [0.25, 0.3) is 0 Å². The summed E-state index contributed by atoms with van der Waals surface area (Å²) in [5.74, 6) is -2.26. The van der Waals surface area contributed by atoms with Gasteiger partial charge in [0.25, 0.3) is 0 Å². The summed E-state index contributed by atoms with van der Waals surface area (Å²) in [4.78, 5) is 20.4. The van der Waals surface area contributed by atoms with Crippen LogP contribution in [0.3, 0.4) is 0 Å². The number of hydrogen-bond acceptors (Lipinski definition) is 4. The summed E-state index contributed by atoms with van der Waals surface area (Å²) in [7, 11) is 0. The molecule has 0 aliphatic rings. The Morgan fingerprint density at radius 1 is 0.667 bits per heavy atom. The van der Waals surface area contributed by atoms with Crippen molar-refractivity contribution in [1.29, 1.82) is 0 Å². The number of halogens is 2. The summed E-state index contributed by atoms with van der Waals surface area (Å²) in [5.41, 5.74) is 0.445. The van der Waals surface area contributed by atoms with Gasteiger partial charge in [-0.05, 0) is 80.6 Å². The van der Waals surface area contributed by atoms with E-state index in [4.69, 9.17) is 0 Å². The fourth-order valence-corrected chi connectivity index (χ4v) is 1.89. The molecule has 0 atom stereocenters. The molecule has 0 bridgehead atoms. The average Bonchev–Trinajstić information content (AvgIpc) is 2.40. The van der Waals surface area contributed by atoms with Crippen LogP contribution in [0.2, 0.25) is 0 Å². The number of carbonyl (C=O) groups is 2. The molecule has 0 N–H and O–H groups in total. The Hall–Kier alpha value is -0.641. The Bertz CT molecular complexity index is 542. The predicted molar refractivity (Wildman–Crippen MR) is 87.0 cm³/mol. The van der Waals surface area contributed by atoms with Crippen LogP contribution in [0.15, 0.2) is 48.5 Å². The molecule has 4 nitrogen and oxygen atoms in total. The zero-order valence-corrected chi connectivity index (χ0v) is 15.9. The quantitative estimate of drug-likeness (QED) is 0.419. The Kier molecular flexibility index (Phi) is 9.84. The largest absolute Gasteiger partial charge is 2.00 e. The van der Waals surface area contributed by atoms with E-state index in [1.54, 1.807) is 24.3 Å². The van der Waals surface area contributed by atoms with Gasteiger partial charge < -0.3 is 19.8 Å². The van der Waals surface area contributed by atoms with Crippen LogP contribution >= 0.6 is 45.2 Å². The van der Waals surface area contributed by atoms with E-state index in [1.807, 2.05) is 0 Å². The molecule has 7 heteroatoms. The Morgan fingerprint density at radius 2 is 0.905 bits per heavy atom. The number of benzene rings is 2. The van der Waals surface area contributed by atoms with Crippen molar-refractivity contribution in [3.05, 3.63) is 66.8 Å². The van der Waals surface area contributed by atoms with Gasteiger partial charge in [-0.15, -0.1) is 0 Å². The summed E-state index contributed by atoms with van der Waals surface area (Å²) in [6.45, 7) is 0. The smallest absolute Gasteiger partial charge is 0.545 e. The van der Waals surface area contributed by atoms with Crippen molar-refractivity contribution < 1.29 is 36.9 Å². The second-order valence-corrected chi connectivity index (χ2v) is 6.08. The minimum atomic E-state index is -1.13. The summed E-state index contributed by atoms with van der Waals surface area (Å²) < 4.78 is 2.03. The first-order valence-corrected chi connectivity index (χ1v) is 7.49. The van der Waals surface area contributed by atoms with Crippen molar-refractivity contribution in [2.75, 3.05) is 0 Å². The van der Waals surface area contributed by atoms with E-state index in [0.717, 1.165) is 7.14 Å². The van der Waals surface area contributed by atoms with Crippen molar-refractivity contribution in [2.24, 2.45) is 0 Å². The van der Waals surface area contributed by atoms with Crippen molar-refractivity contribution in [1.82, 2.24) is 0 Å². The molecule has 0 aliphatic carbocycles. The van der Waals surface area contributed by atoms with Gasteiger partial charge in [0.1, 0.15) is 0 Å². The zero-order valence-electron chi connectivity index (χ0n) is 10.4. The van der Waals surface area contributed by atoms with E-state index in [-0.39, 0.29) is 28.2 Å². The first-order valence-electron chi connectivity index (χ1n) is 5.34. The molecule has 0 unspecified atom stereocenters. The minimum Gasteiger partial charge on any atom is -0.545 e. The maximum absolute atomic E-state index is 10.2. The molecule has 2 aromatic carbocycles. The van der Waals surface area contributed by atoms with E-state index in [0.29, 0.717) is 0 Å². The van der Waals surface area contributed by atoms with Crippen LogP contribution in [0.5, 0.6) is 0 Å². The molecule has 0 fully saturated rings. The molecule has 0 amide bonds. The van der Waals surface area contributed by atoms with Gasteiger partial charge in [0.05, 0.1) is 11.9 Å². The third kappa shape index (κ3) is 7.79. The zero-order chi connectivity index (χ0) is 15.1. The summed E-state index contributed by atoms with van der Waals surface area (Å²) >= 11 is 4.21. The number of hydrogen-bond donors (Lipinski definition) is 0. The monoisotopic (exact) mass is 549 g/mol. The van der Waals surface area contributed by atoms with Crippen LogP contribution in [-0.4, -0.2) is 11.9 Å². The van der Waals surface area contributed by atoms with Crippen LogP contribution in [0, 0.1) is 7.14 Å². The molecule has 0 heterocycles. The standard InChI is InChI=1S/2C7H5IO2.Mn/c2*8-6-3-1-5(2-4-6)7(9)10;/h2*1-4H,(H,9,10);/q;;+2/p-2. The van der Waals surface area contributed by atoms with E-state index in [9.17, 15) is 19.8 Å². The van der Waals surface area contributed by atoms with Crippen LogP contribution < -0.4 is 10.2 Å². The van der Waals surface area contributed by atoms with Crippen molar-refractivity contribution in [3.8, 4) is 0 Å². The van der Waals surface area contributed by atoms with Gasteiger partial charge in [-0.1, -0.05) is 24.3 Å². The van der Waals surface area contributed by atoms with Crippen LogP contribution in [0.4, 0.5) is 0 Å². The SMILES string of the molecule is O=C([O-])c1ccc(I)cc1.O=C([O-])c1ccc(I)cc1.[Mn+2]. The normalized spacial score (nSPS) is 8.86. The summed E-state index contributed by atoms with van der Waals surface area (Å²) in [5, 5.41) is 20.4. The van der Waals surface area contributed by atoms with Crippen molar-refractivity contribution in [2.45, 2.75) is 0 Å². The van der Waals surface area contributed by atoms with E-state index >= 15 is 0 Å². The first kappa shape index (κ1) is 20.4. The van der Waals surface area contributed by atoms with Gasteiger partial charge in [0, 0.05) is 7.14 Å². The first-order chi connectivity index (χ1) is 9.40. The average molecular weight is 549 g/mol. The van der Waals surface area contributed by atoms with Gasteiger partial charge in [0.2, 0.25) is 0 Å². The minimum absolute atomic E-state index is 0.